The van der Waals surface area contributed by atoms with Crippen LogP contribution in [0.2, 0.25) is 0 Å². The molecule has 2 aliphatic rings. The van der Waals surface area contributed by atoms with E-state index in [9.17, 15) is 9.59 Å². The van der Waals surface area contributed by atoms with Crippen molar-refractivity contribution < 1.29 is 23.8 Å². The van der Waals surface area contributed by atoms with Crippen molar-refractivity contribution in [1.29, 1.82) is 0 Å². The van der Waals surface area contributed by atoms with Crippen molar-refractivity contribution in [1.82, 2.24) is 4.90 Å². The van der Waals surface area contributed by atoms with E-state index in [4.69, 9.17) is 26.4 Å². The Kier molecular flexibility index (Phi) is 8.10. The number of rotatable bonds is 8. The quantitative estimate of drug-likeness (QED) is 0.405. The highest BCUT2D eigenvalue weighted by atomic mass is 32.2. The van der Waals surface area contributed by atoms with Gasteiger partial charge in [-0.1, -0.05) is 36.1 Å². The number of benzene rings is 2. The topological polar surface area (TPSA) is 77.1 Å². The number of carbonyl (C=O) groups is 2. The van der Waals surface area contributed by atoms with Gasteiger partial charge in [0, 0.05) is 12.3 Å². The number of thioether (sulfide) groups is 1. The Hall–Kier alpha value is -2.88. The predicted octanol–water partition coefficient (Wildman–Crippen LogP) is 4.71. The minimum absolute atomic E-state index is 0.0421. The molecule has 0 aliphatic carbocycles. The number of ether oxygens (including phenoxy) is 3. The third kappa shape index (κ3) is 6.42. The lowest BCUT2D eigenvalue weighted by Gasteiger charge is -2.18. The van der Waals surface area contributed by atoms with Gasteiger partial charge in [0.15, 0.2) is 18.1 Å². The van der Waals surface area contributed by atoms with Gasteiger partial charge in [0.25, 0.3) is 11.8 Å². The zero-order valence-electron chi connectivity index (χ0n) is 20.0. The van der Waals surface area contributed by atoms with E-state index in [1.807, 2.05) is 38.1 Å². The van der Waals surface area contributed by atoms with Crippen LogP contribution in [0, 0.1) is 13.8 Å². The number of aryl methyl sites for hydroxylation is 2. The van der Waals surface area contributed by atoms with Gasteiger partial charge in [0.2, 0.25) is 0 Å². The molecule has 35 heavy (non-hydrogen) atoms. The molecule has 4 rings (SSSR count). The molecule has 1 atom stereocenters. The number of amides is 2. The second-order valence-electron chi connectivity index (χ2n) is 8.55. The maximum Gasteiger partial charge on any atom is 0.266 e. The van der Waals surface area contributed by atoms with Gasteiger partial charge >= 0.3 is 0 Å². The normalized spacial score (nSPS) is 18.9. The summed E-state index contributed by atoms with van der Waals surface area (Å²) in [5, 5.41) is 2.85. The molecule has 2 fully saturated rings. The number of anilines is 1. The molecule has 0 bridgehead atoms. The van der Waals surface area contributed by atoms with E-state index >= 15 is 0 Å². The van der Waals surface area contributed by atoms with Gasteiger partial charge in [-0.25, -0.2) is 0 Å². The van der Waals surface area contributed by atoms with E-state index in [0.717, 1.165) is 41.8 Å². The summed E-state index contributed by atoms with van der Waals surface area (Å²) >= 11 is 6.71. The zero-order chi connectivity index (χ0) is 24.9. The van der Waals surface area contributed by atoms with Crippen molar-refractivity contribution in [2.24, 2.45) is 0 Å². The molecule has 2 aromatic carbocycles. The molecule has 2 saturated heterocycles. The van der Waals surface area contributed by atoms with Crippen LogP contribution in [0.5, 0.6) is 11.5 Å². The fraction of sp³-hybridized carbons (Fsp3) is 0.346. The molecule has 1 N–H and O–H groups in total. The van der Waals surface area contributed by atoms with Gasteiger partial charge < -0.3 is 19.5 Å². The molecule has 2 aromatic rings. The molecular formula is C26H28N2O5S2. The van der Waals surface area contributed by atoms with Gasteiger partial charge in [-0.05, 0) is 73.7 Å². The second-order valence-corrected chi connectivity index (χ2v) is 10.2. The van der Waals surface area contributed by atoms with Crippen LogP contribution in [0.1, 0.15) is 29.5 Å². The third-order valence-electron chi connectivity index (χ3n) is 5.63. The monoisotopic (exact) mass is 512 g/mol. The Bertz CT molecular complexity index is 1150. The molecule has 0 unspecified atom stereocenters. The van der Waals surface area contributed by atoms with Crippen LogP contribution in [-0.2, 0) is 14.3 Å². The largest absolute Gasteiger partial charge is 0.493 e. The van der Waals surface area contributed by atoms with Gasteiger partial charge in [-0.3, -0.25) is 14.5 Å². The van der Waals surface area contributed by atoms with E-state index in [0.29, 0.717) is 27.3 Å². The Morgan fingerprint density at radius 2 is 2.00 bits per heavy atom. The highest BCUT2D eigenvalue weighted by Gasteiger charge is 2.34. The first kappa shape index (κ1) is 25.2. The Morgan fingerprint density at radius 1 is 1.23 bits per heavy atom. The number of methoxy groups -OCH3 is 1. The number of hydrogen-bond acceptors (Lipinski definition) is 7. The summed E-state index contributed by atoms with van der Waals surface area (Å²) in [4.78, 5) is 27.4. The fourth-order valence-corrected chi connectivity index (χ4v) is 5.36. The maximum absolute atomic E-state index is 12.9. The van der Waals surface area contributed by atoms with E-state index in [-0.39, 0.29) is 24.5 Å². The maximum atomic E-state index is 12.9. The predicted molar refractivity (Wildman–Crippen MR) is 142 cm³/mol. The average Bonchev–Trinajstić information content (AvgIpc) is 3.41. The summed E-state index contributed by atoms with van der Waals surface area (Å²) in [6.07, 6.45) is 3.78. The number of nitrogens with zero attached hydrogens (tertiary/aromatic N) is 1. The lowest BCUT2D eigenvalue weighted by Crippen LogP contribution is -2.35. The molecule has 184 valence electrons. The lowest BCUT2D eigenvalue weighted by atomic mass is 10.1. The standard InChI is InChI=1S/C26H28N2O5S2/c1-16-9-17(2)11-19(10-16)27-24(29)15-33-21-7-6-18(12-22(21)31-3)13-23-25(30)28(26(34)35-23)14-20-5-4-8-32-20/h6-7,9-13,20H,4-5,8,14-15H2,1-3H3,(H,27,29)/b23-13-/t20-/m0/s1. The summed E-state index contributed by atoms with van der Waals surface area (Å²) in [5.74, 6) is 0.521. The van der Waals surface area contributed by atoms with E-state index in [2.05, 4.69) is 5.32 Å². The summed E-state index contributed by atoms with van der Waals surface area (Å²) < 4.78 is 17.4. The molecule has 0 radical (unpaired) electrons. The van der Waals surface area contributed by atoms with Crippen LogP contribution in [0.4, 0.5) is 5.69 Å². The van der Waals surface area contributed by atoms with Crippen LogP contribution in [0.25, 0.3) is 6.08 Å². The molecule has 0 aromatic heterocycles. The van der Waals surface area contributed by atoms with Gasteiger partial charge in [0.05, 0.1) is 24.7 Å². The minimum atomic E-state index is -0.268. The summed E-state index contributed by atoms with van der Waals surface area (Å²) in [6.45, 7) is 5.02. The Balaban J connectivity index is 1.39. The number of carbonyl (C=O) groups excluding carboxylic acids is 2. The van der Waals surface area contributed by atoms with Crippen LogP contribution in [0.15, 0.2) is 41.3 Å². The lowest BCUT2D eigenvalue weighted by molar-refractivity contribution is -0.123. The van der Waals surface area contributed by atoms with E-state index in [1.165, 1.54) is 18.9 Å². The highest BCUT2D eigenvalue weighted by Crippen LogP contribution is 2.35. The molecule has 2 heterocycles. The average molecular weight is 513 g/mol. The van der Waals surface area contributed by atoms with Crippen LogP contribution >= 0.6 is 24.0 Å². The molecule has 2 aliphatic heterocycles. The SMILES string of the molecule is COc1cc(/C=C2\SC(=S)N(C[C@@H]3CCCO3)C2=O)ccc1OCC(=O)Nc1cc(C)cc(C)c1. The van der Waals surface area contributed by atoms with Crippen molar-refractivity contribution in [3.05, 3.63) is 58.0 Å². The summed E-state index contributed by atoms with van der Waals surface area (Å²) in [7, 11) is 1.53. The number of thiocarbonyl (C=S) groups is 1. The summed E-state index contributed by atoms with van der Waals surface area (Å²) in [6, 6.07) is 11.2. The molecule has 0 spiro atoms. The van der Waals surface area contributed by atoms with Crippen LogP contribution in [0.3, 0.4) is 0 Å². The third-order valence-corrected chi connectivity index (χ3v) is 7.01. The molecule has 9 heteroatoms. The van der Waals surface area contributed by atoms with Crippen molar-refractivity contribution in [2.75, 3.05) is 32.2 Å². The second kappa shape index (κ2) is 11.2. The molecular weight excluding hydrogens is 484 g/mol. The highest BCUT2D eigenvalue weighted by molar-refractivity contribution is 8.26. The first-order chi connectivity index (χ1) is 16.8. The van der Waals surface area contributed by atoms with E-state index in [1.54, 1.807) is 23.1 Å². The summed E-state index contributed by atoms with van der Waals surface area (Å²) in [5.41, 5.74) is 3.64. The number of hydrogen-bond donors (Lipinski definition) is 1. The minimum Gasteiger partial charge on any atom is -0.493 e. The Morgan fingerprint density at radius 3 is 2.69 bits per heavy atom. The molecule has 7 nitrogen and oxygen atoms in total. The van der Waals surface area contributed by atoms with Gasteiger partial charge in [0.1, 0.15) is 4.32 Å². The van der Waals surface area contributed by atoms with Gasteiger partial charge in [-0.2, -0.15) is 0 Å². The van der Waals surface area contributed by atoms with Crippen LogP contribution < -0.4 is 14.8 Å². The fourth-order valence-electron chi connectivity index (χ4n) is 4.08. The first-order valence-electron chi connectivity index (χ1n) is 11.4. The Labute approximate surface area is 214 Å². The van der Waals surface area contributed by atoms with Crippen molar-refractivity contribution >= 4 is 51.9 Å². The van der Waals surface area contributed by atoms with Crippen molar-refractivity contribution in [2.45, 2.75) is 32.8 Å². The van der Waals surface area contributed by atoms with E-state index < -0.39 is 0 Å². The van der Waals surface area contributed by atoms with Gasteiger partial charge in [-0.15, -0.1) is 0 Å². The first-order valence-corrected chi connectivity index (χ1v) is 12.6. The molecule has 0 saturated carbocycles. The smallest absolute Gasteiger partial charge is 0.266 e. The molecule has 2 amide bonds. The van der Waals surface area contributed by atoms with Crippen molar-refractivity contribution in [3.8, 4) is 11.5 Å². The zero-order valence-corrected chi connectivity index (χ0v) is 21.6. The van der Waals surface area contributed by atoms with Crippen LogP contribution in [-0.4, -0.2) is 54.0 Å². The van der Waals surface area contributed by atoms with Crippen molar-refractivity contribution in [3.63, 3.8) is 0 Å². The number of nitrogens with one attached hydrogen (secondary N) is 1.